The van der Waals surface area contributed by atoms with Gasteiger partial charge in [0.2, 0.25) is 0 Å². The zero-order valence-corrected chi connectivity index (χ0v) is 9.78. The quantitative estimate of drug-likeness (QED) is 0.758. The number of rotatable bonds is 4. The third kappa shape index (κ3) is 3.51. The van der Waals surface area contributed by atoms with E-state index in [1.54, 1.807) is 0 Å². The van der Waals surface area contributed by atoms with Gasteiger partial charge < -0.3 is 15.2 Å². The Labute approximate surface area is 94.5 Å². The molecule has 88 valence electrons. The van der Waals surface area contributed by atoms with Gasteiger partial charge in [0.15, 0.2) is 5.43 Å². The summed E-state index contributed by atoms with van der Waals surface area (Å²) >= 11 is 0. The highest BCUT2D eigenvalue weighted by molar-refractivity contribution is 5.93. The van der Waals surface area contributed by atoms with E-state index in [9.17, 15) is 9.59 Å². The fraction of sp³-hybridized carbons (Fsp3) is 0.455. The molecule has 1 unspecified atom stereocenters. The summed E-state index contributed by atoms with van der Waals surface area (Å²) in [5.74, 6) is -0.337. The SMILES string of the molecule is CC(CN(C)C)NC(=O)c1c[nH]ccc1=O. The molecule has 1 heterocycles. The van der Waals surface area contributed by atoms with Gasteiger partial charge in [-0.1, -0.05) is 0 Å². The van der Waals surface area contributed by atoms with Crippen LogP contribution in [0.5, 0.6) is 0 Å². The zero-order chi connectivity index (χ0) is 12.1. The lowest BCUT2D eigenvalue weighted by Gasteiger charge is -2.17. The fourth-order valence-corrected chi connectivity index (χ4v) is 1.49. The van der Waals surface area contributed by atoms with Gasteiger partial charge in [0, 0.05) is 31.0 Å². The van der Waals surface area contributed by atoms with E-state index < -0.39 is 0 Å². The van der Waals surface area contributed by atoms with E-state index in [1.165, 1.54) is 18.5 Å². The van der Waals surface area contributed by atoms with Gasteiger partial charge in [-0.05, 0) is 21.0 Å². The lowest BCUT2D eigenvalue weighted by atomic mass is 10.2. The molecule has 0 aromatic carbocycles. The first kappa shape index (κ1) is 12.4. The minimum Gasteiger partial charge on any atom is -0.367 e. The van der Waals surface area contributed by atoms with Crippen molar-refractivity contribution in [1.82, 2.24) is 15.2 Å². The summed E-state index contributed by atoms with van der Waals surface area (Å²) in [6.45, 7) is 2.63. The maximum absolute atomic E-state index is 11.7. The van der Waals surface area contributed by atoms with Crippen LogP contribution < -0.4 is 10.7 Å². The minimum atomic E-state index is -0.337. The summed E-state index contributed by atoms with van der Waals surface area (Å²) in [6.07, 6.45) is 2.92. The number of carbonyl (C=O) groups is 1. The van der Waals surface area contributed by atoms with Crippen LogP contribution in [0, 0.1) is 0 Å². The van der Waals surface area contributed by atoms with E-state index in [1.807, 2.05) is 25.9 Å². The smallest absolute Gasteiger partial charge is 0.256 e. The molecule has 5 nitrogen and oxygen atoms in total. The number of nitrogens with one attached hydrogen (secondary N) is 2. The number of hydrogen-bond donors (Lipinski definition) is 2. The molecule has 5 heteroatoms. The Hall–Kier alpha value is -1.62. The number of aromatic amines is 1. The first-order valence-electron chi connectivity index (χ1n) is 5.13. The highest BCUT2D eigenvalue weighted by Crippen LogP contribution is 1.91. The summed E-state index contributed by atoms with van der Waals surface area (Å²) in [6, 6.07) is 1.34. The van der Waals surface area contributed by atoms with Gasteiger partial charge >= 0.3 is 0 Å². The third-order valence-electron chi connectivity index (χ3n) is 2.09. The average Bonchev–Trinajstić information content (AvgIpc) is 2.16. The summed E-state index contributed by atoms with van der Waals surface area (Å²) < 4.78 is 0. The van der Waals surface area contributed by atoms with Crippen LogP contribution in [0.1, 0.15) is 17.3 Å². The molecule has 16 heavy (non-hydrogen) atoms. The van der Waals surface area contributed by atoms with Gasteiger partial charge in [0.25, 0.3) is 5.91 Å². The number of pyridine rings is 1. The van der Waals surface area contributed by atoms with Crippen LogP contribution in [0.15, 0.2) is 23.3 Å². The van der Waals surface area contributed by atoms with E-state index in [2.05, 4.69) is 10.3 Å². The second-order valence-corrected chi connectivity index (χ2v) is 4.06. The van der Waals surface area contributed by atoms with Crippen molar-refractivity contribution in [2.75, 3.05) is 20.6 Å². The maximum Gasteiger partial charge on any atom is 0.256 e. The van der Waals surface area contributed by atoms with Crippen LogP contribution in [0.3, 0.4) is 0 Å². The molecular formula is C11H17N3O2. The van der Waals surface area contributed by atoms with Gasteiger partial charge in [-0.3, -0.25) is 9.59 Å². The molecule has 0 saturated heterocycles. The molecule has 1 aromatic heterocycles. The van der Waals surface area contributed by atoms with E-state index in [4.69, 9.17) is 0 Å². The van der Waals surface area contributed by atoms with Gasteiger partial charge in [-0.2, -0.15) is 0 Å². The molecule has 0 radical (unpaired) electrons. The first-order chi connectivity index (χ1) is 7.50. The van der Waals surface area contributed by atoms with Gasteiger partial charge in [-0.15, -0.1) is 0 Å². The number of hydrogen-bond acceptors (Lipinski definition) is 3. The van der Waals surface area contributed by atoms with Gasteiger partial charge in [0.1, 0.15) is 5.56 Å². The monoisotopic (exact) mass is 223 g/mol. The van der Waals surface area contributed by atoms with Crippen molar-refractivity contribution in [2.24, 2.45) is 0 Å². The Kier molecular flexibility index (Phi) is 4.25. The summed E-state index contributed by atoms with van der Waals surface area (Å²) in [4.78, 5) is 27.8. The Balaban J connectivity index is 2.66. The van der Waals surface area contributed by atoms with Crippen LogP contribution in [-0.2, 0) is 0 Å². The second-order valence-electron chi connectivity index (χ2n) is 4.06. The molecule has 0 spiro atoms. The normalized spacial score (nSPS) is 12.5. The number of aromatic nitrogens is 1. The predicted octanol–water partition coefficient (Wildman–Crippen LogP) is 0.0548. The van der Waals surface area contributed by atoms with Crippen molar-refractivity contribution in [1.29, 1.82) is 0 Å². The molecule has 1 atom stereocenters. The lowest BCUT2D eigenvalue weighted by molar-refractivity contribution is 0.0933. The zero-order valence-electron chi connectivity index (χ0n) is 9.78. The van der Waals surface area contributed by atoms with Crippen molar-refractivity contribution in [3.8, 4) is 0 Å². The molecular weight excluding hydrogens is 206 g/mol. The van der Waals surface area contributed by atoms with Crippen LogP contribution in [-0.4, -0.2) is 42.5 Å². The van der Waals surface area contributed by atoms with Gasteiger partial charge in [-0.25, -0.2) is 0 Å². The molecule has 1 amide bonds. The van der Waals surface area contributed by atoms with E-state index in [0.717, 1.165) is 6.54 Å². The largest absolute Gasteiger partial charge is 0.367 e. The number of amides is 1. The van der Waals surface area contributed by atoms with Crippen LogP contribution in [0.4, 0.5) is 0 Å². The predicted molar refractivity (Wildman–Crippen MR) is 62.5 cm³/mol. The number of nitrogens with zero attached hydrogens (tertiary/aromatic N) is 1. The molecule has 2 N–H and O–H groups in total. The molecule has 0 saturated carbocycles. The third-order valence-corrected chi connectivity index (χ3v) is 2.09. The molecule has 1 rings (SSSR count). The Morgan fingerprint density at radius 2 is 2.25 bits per heavy atom. The Morgan fingerprint density at radius 3 is 2.81 bits per heavy atom. The lowest BCUT2D eigenvalue weighted by Crippen LogP contribution is -2.41. The summed E-state index contributed by atoms with van der Waals surface area (Å²) in [5, 5.41) is 2.77. The van der Waals surface area contributed by atoms with Gasteiger partial charge in [0.05, 0.1) is 0 Å². The molecule has 0 aliphatic carbocycles. The first-order valence-corrected chi connectivity index (χ1v) is 5.13. The number of H-pyrrole nitrogens is 1. The molecule has 0 aliphatic rings. The standard InChI is InChI=1S/C11H17N3O2/c1-8(7-14(2)3)13-11(16)9-6-12-5-4-10(9)15/h4-6,8H,7H2,1-3H3,(H,12,15)(H,13,16). The molecule has 0 bridgehead atoms. The topological polar surface area (TPSA) is 65.2 Å². The summed E-state index contributed by atoms with van der Waals surface area (Å²) in [7, 11) is 3.86. The highest BCUT2D eigenvalue weighted by Gasteiger charge is 2.12. The van der Waals surface area contributed by atoms with Crippen molar-refractivity contribution in [3.63, 3.8) is 0 Å². The Morgan fingerprint density at radius 1 is 1.56 bits per heavy atom. The average molecular weight is 223 g/mol. The van der Waals surface area contributed by atoms with Crippen molar-refractivity contribution in [3.05, 3.63) is 34.2 Å². The molecule has 0 fully saturated rings. The van der Waals surface area contributed by atoms with E-state index >= 15 is 0 Å². The van der Waals surface area contributed by atoms with Crippen molar-refractivity contribution >= 4 is 5.91 Å². The summed E-state index contributed by atoms with van der Waals surface area (Å²) in [5.41, 5.74) is -0.124. The minimum absolute atomic E-state index is 0.00195. The number of carbonyl (C=O) groups excluding carboxylic acids is 1. The Bertz CT molecular complexity index is 412. The van der Waals surface area contributed by atoms with E-state index in [-0.39, 0.29) is 22.9 Å². The molecule has 1 aromatic rings. The highest BCUT2D eigenvalue weighted by atomic mass is 16.2. The molecule has 0 aliphatic heterocycles. The van der Waals surface area contributed by atoms with Crippen molar-refractivity contribution < 1.29 is 4.79 Å². The maximum atomic E-state index is 11.7. The van der Waals surface area contributed by atoms with Crippen molar-refractivity contribution in [2.45, 2.75) is 13.0 Å². The van der Waals surface area contributed by atoms with E-state index in [0.29, 0.717) is 0 Å². The van der Waals surface area contributed by atoms with Crippen LogP contribution in [0.25, 0.3) is 0 Å². The number of likely N-dealkylation sites (N-methyl/N-ethyl adjacent to an activating group) is 1. The van der Waals surface area contributed by atoms with Crippen LogP contribution in [0.2, 0.25) is 0 Å². The second kappa shape index (κ2) is 5.46. The van der Waals surface area contributed by atoms with Crippen LogP contribution >= 0.6 is 0 Å². The fourth-order valence-electron chi connectivity index (χ4n) is 1.49.